The van der Waals surface area contributed by atoms with E-state index in [1.165, 1.54) is 6.07 Å². The van der Waals surface area contributed by atoms with Crippen LogP contribution in [0.5, 0.6) is 0 Å². The number of piperidine rings is 1. The van der Waals surface area contributed by atoms with Crippen molar-refractivity contribution in [1.29, 1.82) is 5.26 Å². The maximum Gasteiger partial charge on any atom is 0.417 e. The van der Waals surface area contributed by atoms with Gasteiger partial charge >= 0.3 is 6.18 Å². The Hall–Kier alpha value is -1.58. The normalized spacial score (nSPS) is 32.0. The number of hydrogen-bond acceptors (Lipinski definition) is 3. The van der Waals surface area contributed by atoms with Crippen molar-refractivity contribution in [3.63, 3.8) is 0 Å². The smallest absolute Gasteiger partial charge is 0.385 e. The number of rotatable bonds is 1. The molecule has 3 rings (SSSR count). The number of nitriles is 1. The molecule has 1 aromatic carbocycles. The van der Waals surface area contributed by atoms with Gasteiger partial charge in [-0.05, 0) is 50.4 Å². The Morgan fingerprint density at radius 2 is 1.86 bits per heavy atom. The first-order chi connectivity index (χ1) is 10.2. The average molecular weight is 310 g/mol. The van der Waals surface area contributed by atoms with Gasteiger partial charge in [0.1, 0.15) is 0 Å². The van der Waals surface area contributed by atoms with Gasteiger partial charge in [0.2, 0.25) is 0 Å². The van der Waals surface area contributed by atoms with Gasteiger partial charge in [-0.2, -0.15) is 18.4 Å². The molecule has 2 fully saturated rings. The van der Waals surface area contributed by atoms with E-state index in [-0.39, 0.29) is 17.6 Å². The van der Waals surface area contributed by atoms with Crippen molar-refractivity contribution in [3.8, 4) is 6.07 Å². The molecule has 6 heteroatoms. The van der Waals surface area contributed by atoms with Gasteiger partial charge in [-0.3, -0.25) is 0 Å². The molecule has 1 N–H and O–H groups in total. The summed E-state index contributed by atoms with van der Waals surface area (Å²) in [6.07, 6.45) is -1.80. The molecule has 0 saturated carbocycles. The second kappa shape index (κ2) is 4.97. The molecule has 22 heavy (non-hydrogen) atoms. The van der Waals surface area contributed by atoms with E-state index < -0.39 is 22.9 Å². The highest BCUT2D eigenvalue weighted by atomic mass is 19.4. The standard InChI is InChI=1S/C16H17F3N2O/c1-21-12-4-5-13(21)8-15(22,7-12)11-3-2-10(9-20)14(6-11)16(17,18)19/h2-3,6,12-13,22H,4-5,7-8H2,1H3. The summed E-state index contributed by atoms with van der Waals surface area (Å²) in [6, 6.07) is 5.54. The molecule has 2 heterocycles. The van der Waals surface area contributed by atoms with Crippen LogP contribution >= 0.6 is 0 Å². The van der Waals surface area contributed by atoms with Crippen LogP contribution in [0.4, 0.5) is 13.2 Å². The van der Waals surface area contributed by atoms with Crippen LogP contribution in [-0.4, -0.2) is 29.1 Å². The fraction of sp³-hybridized carbons (Fsp3) is 0.562. The predicted octanol–water partition coefficient (Wildman–Crippen LogP) is 3.02. The van der Waals surface area contributed by atoms with E-state index in [4.69, 9.17) is 5.26 Å². The SMILES string of the molecule is CN1C2CCC1CC(O)(c1ccc(C#N)c(C(F)(F)F)c1)C2. The Balaban J connectivity index is 2.01. The Labute approximate surface area is 127 Å². The zero-order chi connectivity index (χ0) is 16.1. The minimum Gasteiger partial charge on any atom is -0.385 e. The summed E-state index contributed by atoms with van der Waals surface area (Å²) in [4.78, 5) is 2.21. The van der Waals surface area contributed by atoms with E-state index in [1.54, 1.807) is 6.07 Å². The fourth-order valence-corrected chi connectivity index (χ4v) is 3.85. The lowest BCUT2D eigenvalue weighted by atomic mass is 9.80. The molecule has 0 spiro atoms. The molecule has 0 aromatic heterocycles. The Morgan fingerprint density at radius 1 is 1.27 bits per heavy atom. The third-order valence-electron chi connectivity index (χ3n) is 5.11. The molecule has 2 aliphatic rings. The molecular formula is C16H17F3N2O. The van der Waals surface area contributed by atoms with Gasteiger partial charge in [0.15, 0.2) is 0 Å². The van der Waals surface area contributed by atoms with Gasteiger partial charge in [0.05, 0.1) is 22.8 Å². The van der Waals surface area contributed by atoms with Crippen molar-refractivity contribution in [2.75, 3.05) is 7.05 Å². The Bertz CT molecular complexity index is 621. The second-order valence-corrected chi connectivity index (χ2v) is 6.36. The van der Waals surface area contributed by atoms with Crippen LogP contribution in [0.2, 0.25) is 0 Å². The Kier molecular flexibility index (Phi) is 3.46. The topological polar surface area (TPSA) is 47.3 Å². The molecule has 0 radical (unpaired) electrons. The average Bonchev–Trinajstić information content (AvgIpc) is 2.69. The zero-order valence-electron chi connectivity index (χ0n) is 12.2. The minimum atomic E-state index is -4.60. The largest absolute Gasteiger partial charge is 0.417 e. The monoisotopic (exact) mass is 310 g/mol. The van der Waals surface area contributed by atoms with E-state index in [0.717, 1.165) is 25.0 Å². The van der Waals surface area contributed by atoms with Crippen LogP contribution in [0.3, 0.4) is 0 Å². The third-order valence-corrected chi connectivity index (χ3v) is 5.11. The summed E-state index contributed by atoms with van der Waals surface area (Å²) in [5.74, 6) is 0. The molecule has 1 aromatic rings. The maximum absolute atomic E-state index is 13.1. The van der Waals surface area contributed by atoms with E-state index in [2.05, 4.69) is 4.90 Å². The molecule has 3 nitrogen and oxygen atoms in total. The first-order valence-electron chi connectivity index (χ1n) is 7.31. The summed E-state index contributed by atoms with van der Waals surface area (Å²) in [7, 11) is 2.00. The summed E-state index contributed by atoms with van der Waals surface area (Å²) in [6.45, 7) is 0. The molecule has 2 bridgehead atoms. The molecule has 2 unspecified atom stereocenters. The van der Waals surface area contributed by atoms with Gasteiger partial charge in [0.25, 0.3) is 0 Å². The predicted molar refractivity (Wildman–Crippen MR) is 73.9 cm³/mol. The number of hydrogen-bond donors (Lipinski definition) is 1. The van der Waals surface area contributed by atoms with Crippen molar-refractivity contribution in [1.82, 2.24) is 4.90 Å². The number of nitrogens with zero attached hydrogens (tertiary/aromatic N) is 2. The van der Waals surface area contributed by atoms with Crippen molar-refractivity contribution in [2.24, 2.45) is 0 Å². The highest BCUT2D eigenvalue weighted by Crippen LogP contribution is 2.46. The van der Waals surface area contributed by atoms with Gasteiger partial charge < -0.3 is 10.0 Å². The quantitative estimate of drug-likeness (QED) is 0.867. The molecule has 0 amide bonds. The lowest BCUT2D eigenvalue weighted by Gasteiger charge is -2.42. The summed E-state index contributed by atoms with van der Waals surface area (Å²) < 4.78 is 39.3. The summed E-state index contributed by atoms with van der Waals surface area (Å²) in [5.41, 5.74) is -2.35. The van der Waals surface area contributed by atoms with Gasteiger partial charge in [-0.15, -0.1) is 0 Å². The minimum absolute atomic E-state index is 0.203. The van der Waals surface area contributed by atoms with Crippen LogP contribution in [0.25, 0.3) is 0 Å². The highest BCUT2D eigenvalue weighted by Gasteiger charge is 2.47. The molecule has 2 saturated heterocycles. The van der Waals surface area contributed by atoms with Crippen molar-refractivity contribution < 1.29 is 18.3 Å². The van der Waals surface area contributed by atoms with Crippen molar-refractivity contribution in [2.45, 2.75) is 49.5 Å². The third kappa shape index (κ3) is 2.38. The van der Waals surface area contributed by atoms with Crippen LogP contribution in [-0.2, 0) is 11.8 Å². The van der Waals surface area contributed by atoms with Crippen LogP contribution in [0.1, 0.15) is 42.4 Å². The fourth-order valence-electron chi connectivity index (χ4n) is 3.85. The van der Waals surface area contributed by atoms with E-state index in [9.17, 15) is 18.3 Å². The van der Waals surface area contributed by atoms with Crippen molar-refractivity contribution in [3.05, 3.63) is 34.9 Å². The van der Waals surface area contributed by atoms with Gasteiger partial charge in [0, 0.05) is 12.1 Å². The van der Waals surface area contributed by atoms with Crippen LogP contribution < -0.4 is 0 Å². The van der Waals surface area contributed by atoms with Gasteiger partial charge in [-0.1, -0.05) is 6.07 Å². The van der Waals surface area contributed by atoms with Gasteiger partial charge in [-0.25, -0.2) is 0 Å². The second-order valence-electron chi connectivity index (χ2n) is 6.36. The maximum atomic E-state index is 13.1. The number of fused-ring (bicyclic) bond motifs is 2. The first-order valence-corrected chi connectivity index (χ1v) is 7.31. The number of alkyl halides is 3. The Morgan fingerprint density at radius 3 is 2.36 bits per heavy atom. The van der Waals surface area contributed by atoms with E-state index in [0.29, 0.717) is 12.8 Å². The van der Waals surface area contributed by atoms with Crippen molar-refractivity contribution >= 4 is 0 Å². The molecular weight excluding hydrogens is 293 g/mol. The highest BCUT2D eigenvalue weighted by molar-refractivity contribution is 5.44. The van der Waals surface area contributed by atoms with E-state index in [1.807, 2.05) is 7.05 Å². The lowest BCUT2D eigenvalue weighted by Crippen LogP contribution is -2.47. The number of aliphatic hydroxyl groups is 1. The molecule has 2 atom stereocenters. The molecule has 0 aliphatic carbocycles. The summed E-state index contributed by atoms with van der Waals surface area (Å²) in [5, 5.41) is 19.8. The molecule has 118 valence electrons. The first kappa shape index (κ1) is 15.3. The van der Waals surface area contributed by atoms with E-state index >= 15 is 0 Å². The number of benzene rings is 1. The number of halogens is 3. The van der Waals surface area contributed by atoms with Crippen LogP contribution in [0, 0.1) is 11.3 Å². The lowest BCUT2D eigenvalue weighted by molar-refractivity contribution is -0.138. The molecule has 2 aliphatic heterocycles. The zero-order valence-corrected chi connectivity index (χ0v) is 12.2. The van der Waals surface area contributed by atoms with Crippen LogP contribution in [0.15, 0.2) is 18.2 Å². The summed E-state index contributed by atoms with van der Waals surface area (Å²) >= 11 is 0.